The summed E-state index contributed by atoms with van der Waals surface area (Å²) in [6, 6.07) is 6.85. The third kappa shape index (κ3) is 4.23. The minimum Gasteiger partial charge on any atom is -0.358 e. The Balaban J connectivity index is 1.30. The van der Waals surface area contributed by atoms with Crippen LogP contribution in [0.1, 0.15) is 85.8 Å². The molecule has 3 aromatic rings. The van der Waals surface area contributed by atoms with Crippen LogP contribution in [0, 0.1) is 10.1 Å². The molecule has 1 fully saturated rings. The highest BCUT2D eigenvalue weighted by Crippen LogP contribution is 2.47. The third-order valence-corrected chi connectivity index (χ3v) is 9.12. The molecular weight excluding hydrogens is 474 g/mol. The van der Waals surface area contributed by atoms with Gasteiger partial charge in [0, 0.05) is 30.0 Å². The van der Waals surface area contributed by atoms with Crippen LogP contribution in [0.25, 0.3) is 11.3 Å². The van der Waals surface area contributed by atoms with E-state index in [-0.39, 0.29) is 34.0 Å². The average Bonchev–Trinajstić information content (AvgIpc) is 3.49. The van der Waals surface area contributed by atoms with Crippen LogP contribution in [0.4, 0.5) is 5.82 Å². The molecule has 0 saturated carbocycles. The number of piperidine rings is 1. The van der Waals surface area contributed by atoms with Gasteiger partial charge in [-0.15, -0.1) is 16.0 Å². The van der Waals surface area contributed by atoms with E-state index in [0.29, 0.717) is 13.1 Å². The average molecular weight is 508 g/mol. The maximum atomic E-state index is 12.9. The quantitative estimate of drug-likeness (QED) is 0.328. The predicted molar refractivity (Wildman–Crippen MR) is 141 cm³/mol. The van der Waals surface area contributed by atoms with Crippen molar-refractivity contribution < 1.29 is 9.72 Å². The first kappa shape index (κ1) is 24.6. The van der Waals surface area contributed by atoms with Crippen LogP contribution in [0.15, 0.2) is 29.8 Å². The van der Waals surface area contributed by atoms with E-state index in [1.54, 1.807) is 16.2 Å². The topological polar surface area (TPSA) is 94.2 Å². The van der Waals surface area contributed by atoms with Crippen molar-refractivity contribution in [2.75, 3.05) is 13.1 Å². The van der Waals surface area contributed by atoms with Crippen molar-refractivity contribution >= 4 is 23.1 Å². The number of thiazole rings is 1. The second-order valence-corrected chi connectivity index (χ2v) is 12.3. The molecule has 1 saturated heterocycles. The number of amides is 1. The summed E-state index contributed by atoms with van der Waals surface area (Å²) in [5.41, 5.74) is 5.46. The smallest absolute Gasteiger partial charge is 0.357 e. The normalized spacial score (nSPS) is 19.2. The second kappa shape index (κ2) is 8.80. The number of nitro groups is 1. The van der Waals surface area contributed by atoms with Gasteiger partial charge in [-0.05, 0) is 58.6 Å². The SMILES string of the molecule is Cn1ncc(C(=O)N2CCC(c3nc(-c4ccc5c(c4)C(C)(C)CCC5(C)C)cs3)CC2)c1[N+](=O)[O-]. The van der Waals surface area contributed by atoms with Gasteiger partial charge in [0.05, 0.1) is 16.9 Å². The van der Waals surface area contributed by atoms with E-state index >= 15 is 0 Å². The lowest BCUT2D eigenvalue weighted by Gasteiger charge is -2.42. The van der Waals surface area contributed by atoms with E-state index in [2.05, 4.69) is 56.4 Å². The number of aromatic nitrogens is 3. The number of nitrogens with zero attached hydrogens (tertiary/aromatic N) is 5. The number of likely N-dealkylation sites (tertiary alicyclic amines) is 1. The molecule has 1 aromatic carbocycles. The van der Waals surface area contributed by atoms with E-state index in [4.69, 9.17) is 4.98 Å². The molecular formula is C27H33N5O3S. The lowest BCUT2D eigenvalue weighted by atomic mass is 9.63. The fraction of sp³-hybridized carbons (Fsp3) is 0.519. The molecule has 0 N–H and O–H groups in total. The van der Waals surface area contributed by atoms with Gasteiger partial charge in [0.25, 0.3) is 5.91 Å². The van der Waals surface area contributed by atoms with Gasteiger partial charge in [-0.2, -0.15) is 0 Å². The van der Waals surface area contributed by atoms with Gasteiger partial charge in [0.2, 0.25) is 0 Å². The molecule has 8 nitrogen and oxygen atoms in total. The molecule has 3 heterocycles. The highest BCUT2D eigenvalue weighted by molar-refractivity contribution is 7.10. The summed E-state index contributed by atoms with van der Waals surface area (Å²) in [5.74, 6) is -0.305. The van der Waals surface area contributed by atoms with Crippen molar-refractivity contribution in [3.8, 4) is 11.3 Å². The second-order valence-electron chi connectivity index (χ2n) is 11.4. The fourth-order valence-electron chi connectivity index (χ4n) is 5.65. The molecule has 0 atom stereocenters. The number of aryl methyl sites for hydroxylation is 1. The van der Waals surface area contributed by atoms with Gasteiger partial charge in [0.15, 0.2) is 5.56 Å². The van der Waals surface area contributed by atoms with Crippen LogP contribution in [0.3, 0.4) is 0 Å². The molecule has 9 heteroatoms. The fourth-order valence-corrected chi connectivity index (χ4v) is 6.65. The first-order valence-corrected chi connectivity index (χ1v) is 13.4. The minimum absolute atomic E-state index is 0.0518. The van der Waals surface area contributed by atoms with Crippen LogP contribution >= 0.6 is 11.3 Å². The third-order valence-electron chi connectivity index (χ3n) is 8.11. The van der Waals surface area contributed by atoms with Crippen LogP contribution in [-0.4, -0.2) is 43.6 Å². The number of hydrogen-bond acceptors (Lipinski definition) is 6. The lowest BCUT2D eigenvalue weighted by molar-refractivity contribution is -0.392. The Hall–Kier alpha value is -3.07. The molecule has 2 aliphatic rings. The zero-order chi connectivity index (χ0) is 25.8. The van der Waals surface area contributed by atoms with Crippen LogP contribution < -0.4 is 0 Å². The van der Waals surface area contributed by atoms with Crippen molar-refractivity contribution in [1.82, 2.24) is 19.7 Å². The standard InChI is InChI=1S/C27H33N5O3S/c1-26(2)10-11-27(3,4)21-14-18(6-7-20(21)26)22-16-36-23(29-22)17-8-12-31(13-9-17)25(33)19-15-28-30(5)24(19)32(34)35/h6-7,14-17H,8-13H2,1-5H3. The first-order valence-electron chi connectivity index (χ1n) is 12.5. The van der Waals surface area contributed by atoms with Gasteiger partial charge >= 0.3 is 5.82 Å². The molecule has 36 heavy (non-hydrogen) atoms. The number of carbonyl (C=O) groups is 1. The maximum Gasteiger partial charge on any atom is 0.357 e. The summed E-state index contributed by atoms with van der Waals surface area (Å²) in [4.78, 5) is 30.5. The first-order chi connectivity index (χ1) is 17.0. The summed E-state index contributed by atoms with van der Waals surface area (Å²) in [6.45, 7) is 10.5. The zero-order valence-corrected chi connectivity index (χ0v) is 22.4. The van der Waals surface area contributed by atoms with Crippen molar-refractivity contribution in [2.24, 2.45) is 7.05 Å². The van der Waals surface area contributed by atoms with E-state index in [0.717, 1.165) is 28.2 Å². The largest absolute Gasteiger partial charge is 0.358 e. The number of rotatable bonds is 4. The van der Waals surface area contributed by atoms with Crippen LogP contribution in [0.5, 0.6) is 0 Å². The molecule has 2 aromatic heterocycles. The van der Waals surface area contributed by atoms with Crippen molar-refractivity contribution in [3.63, 3.8) is 0 Å². The Labute approximate surface area is 215 Å². The molecule has 1 amide bonds. The monoisotopic (exact) mass is 507 g/mol. The molecule has 5 rings (SSSR count). The molecule has 0 spiro atoms. The number of carbonyl (C=O) groups excluding carboxylic acids is 1. The van der Waals surface area contributed by atoms with Crippen molar-refractivity contribution in [2.45, 2.75) is 70.1 Å². The predicted octanol–water partition coefficient (Wildman–Crippen LogP) is 5.82. The van der Waals surface area contributed by atoms with E-state index in [9.17, 15) is 14.9 Å². The van der Waals surface area contributed by atoms with E-state index in [1.165, 1.54) is 42.8 Å². The van der Waals surface area contributed by atoms with Gasteiger partial charge in [-0.1, -0.05) is 44.9 Å². The number of benzene rings is 1. The highest BCUT2D eigenvalue weighted by atomic mass is 32.1. The van der Waals surface area contributed by atoms with Gasteiger partial charge in [-0.3, -0.25) is 4.79 Å². The zero-order valence-electron chi connectivity index (χ0n) is 21.6. The Morgan fingerprint density at radius 1 is 1.11 bits per heavy atom. The van der Waals surface area contributed by atoms with Crippen molar-refractivity contribution in [3.05, 3.63) is 61.6 Å². The maximum absolute atomic E-state index is 12.9. The van der Waals surface area contributed by atoms with Gasteiger partial charge in [0.1, 0.15) is 7.05 Å². The summed E-state index contributed by atoms with van der Waals surface area (Å²) >= 11 is 1.69. The molecule has 1 aliphatic heterocycles. The van der Waals surface area contributed by atoms with Crippen LogP contribution in [-0.2, 0) is 17.9 Å². The molecule has 0 radical (unpaired) electrons. The molecule has 0 unspecified atom stereocenters. The Bertz CT molecular complexity index is 1330. The molecule has 0 bridgehead atoms. The minimum atomic E-state index is -0.549. The van der Waals surface area contributed by atoms with Crippen molar-refractivity contribution in [1.29, 1.82) is 0 Å². The highest BCUT2D eigenvalue weighted by Gasteiger charge is 2.37. The Morgan fingerprint density at radius 2 is 1.78 bits per heavy atom. The molecule has 1 aliphatic carbocycles. The Morgan fingerprint density at radius 3 is 2.44 bits per heavy atom. The number of hydrogen-bond donors (Lipinski definition) is 0. The van der Waals surface area contributed by atoms with E-state index in [1.807, 2.05) is 0 Å². The van der Waals surface area contributed by atoms with Crippen LogP contribution in [0.2, 0.25) is 0 Å². The molecule has 190 valence electrons. The Kier molecular flexibility index (Phi) is 6.01. The summed E-state index contributed by atoms with van der Waals surface area (Å²) in [7, 11) is 1.48. The summed E-state index contributed by atoms with van der Waals surface area (Å²) in [6.07, 6.45) is 5.25. The summed E-state index contributed by atoms with van der Waals surface area (Å²) < 4.78 is 1.14. The lowest BCUT2D eigenvalue weighted by Crippen LogP contribution is -2.38. The van der Waals surface area contributed by atoms with Gasteiger partial charge in [-0.25, -0.2) is 4.98 Å². The van der Waals surface area contributed by atoms with Gasteiger partial charge < -0.3 is 15.0 Å². The number of fused-ring (bicyclic) bond motifs is 1. The van der Waals surface area contributed by atoms with E-state index < -0.39 is 4.92 Å². The summed E-state index contributed by atoms with van der Waals surface area (Å²) in [5, 5.41) is 18.5.